The van der Waals surface area contributed by atoms with E-state index in [4.69, 9.17) is 0 Å². The standard InChI is InChI=1S/C19H32N2/c1-5-8-13-21(15(4)6-2)18-14-16-11-9-10-12-17(16)19(18)20-7-3/h9-12,15,18-20H,5-8,13-14H2,1-4H3. The highest BCUT2D eigenvalue weighted by Crippen LogP contribution is 2.35. The summed E-state index contributed by atoms with van der Waals surface area (Å²) >= 11 is 0. The van der Waals surface area contributed by atoms with Gasteiger partial charge < -0.3 is 5.32 Å². The molecule has 1 aliphatic carbocycles. The minimum atomic E-state index is 0.497. The second-order valence-corrected chi connectivity index (χ2v) is 6.35. The lowest BCUT2D eigenvalue weighted by Gasteiger charge is -2.38. The van der Waals surface area contributed by atoms with Crippen LogP contribution >= 0.6 is 0 Å². The quantitative estimate of drug-likeness (QED) is 0.772. The summed E-state index contributed by atoms with van der Waals surface area (Å²) < 4.78 is 0. The summed E-state index contributed by atoms with van der Waals surface area (Å²) in [6, 6.07) is 10.8. The highest BCUT2D eigenvalue weighted by molar-refractivity contribution is 5.37. The molecule has 118 valence electrons. The van der Waals surface area contributed by atoms with Crippen molar-refractivity contribution in [3.8, 4) is 0 Å². The van der Waals surface area contributed by atoms with Gasteiger partial charge in [-0.05, 0) is 50.4 Å². The van der Waals surface area contributed by atoms with Crippen LogP contribution in [-0.4, -0.2) is 30.1 Å². The van der Waals surface area contributed by atoms with Gasteiger partial charge in [-0.3, -0.25) is 4.90 Å². The molecule has 2 heteroatoms. The zero-order valence-electron chi connectivity index (χ0n) is 14.2. The van der Waals surface area contributed by atoms with Crippen LogP contribution in [0.2, 0.25) is 0 Å². The van der Waals surface area contributed by atoms with E-state index in [1.165, 1.54) is 37.8 Å². The van der Waals surface area contributed by atoms with Gasteiger partial charge in [0.2, 0.25) is 0 Å². The molecule has 0 saturated carbocycles. The Balaban J connectivity index is 2.23. The fourth-order valence-corrected chi connectivity index (χ4v) is 3.64. The van der Waals surface area contributed by atoms with Gasteiger partial charge in [0.1, 0.15) is 0 Å². The molecule has 0 heterocycles. The molecule has 21 heavy (non-hydrogen) atoms. The third-order valence-electron chi connectivity index (χ3n) is 4.98. The Morgan fingerprint density at radius 2 is 2.00 bits per heavy atom. The van der Waals surface area contributed by atoms with Crippen LogP contribution in [0.1, 0.15) is 64.1 Å². The van der Waals surface area contributed by atoms with Gasteiger partial charge in [0.15, 0.2) is 0 Å². The van der Waals surface area contributed by atoms with Crippen molar-refractivity contribution >= 4 is 0 Å². The van der Waals surface area contributed by atoms with Gasteiger partial charge in [-0.25, -0.2) is 0 Å². The van der Waals surface area contributed by atoms with E-state index in [1.54, 1.807) is 5.56 Å². The summed E-state index contributed by atoms with van der Waals surface area (Å²) in [5, 5.41) is 3.74. The van der Waals surface area contributed by atoms with E-state index in [2.05, 4.69) is 62.2 Å². The van der Waals surface area contributed by atoms with Crippen molar-refractivity contribution in [2.75, 3.05) is 13.1 Å². The molecule has 2 nitrogen and oxygen atoms in total. The van der Waals surface area contributed by atoms with Crippen molar-refractivity contribution in [3.05, 3.63) is 35.4 Å². The molecule has 0 radical (unpaired) electrons. The summed E-state index contributed by atoms with van der Waals surface area (Å²) in [7, 11) is 0. The molecule has 0 fully saturated rings. The second kappa shape index (κ2) is 7.95. The van der Waals surface area contributed by atoms with E-state index < -0.39 is 0 Å². The van der Waals surface area contributed by atoms with Crippen LogP contribution in [0.25, 0.3) is 0 Å². The Hall–Kier alpha value is -0.860. The maximum absolute atomic E-state index is 3.74. The van der Waals surface area contributed by atoms with E-state index in [9.17, 15) is 0 Å². The number of hydrogen-bond donors (Lipinski definition) is 1. The lowest BCUT2D eigenvalue weighted by atomic mass is 10.0. The van der Waals surface area contributed by atoms with Crippen molar-refractivity contribution in [3.63, 3.8) is 0 Å². The second-order valence-electron chi connectivity index (χ2n) is 6.35. The number of fused-ring (bicyclic) bond motifs is 1. The summed E-state index contributed by atoms with van der Waals surface area (Å²) in [6.45, 7) is 11.5. The molecular weight excluding hydrogens is 256 g/mol. The zero-order chi connectivity index (χ0) is 15.2. The molecule has 3 atom stereocenters. The van der Waals surface area contributed by atoms with E-state index in [0.29, 0.717) is 18.1 Å². The third-order valence-corrected chi connectivity index (χ3v) is 4.98. The molecule has 0 saturated heterocycles. The summed E-state index contributed by atoms with van der Waals surface area (Å²) in [5.74, 6) is 0. The van der Waals surface area contributed by atoms with Crippen LogP contribution < -0.4 is 5.32 Å². The smallest absolute Gasteiger partial charge is 0.0484 e. The molecular formula is C19H32N2. The van der Waals surface area contributed by atoms with Crippen LogP contribution in [0.5, 0.6) is 0 Å². The largest absolute Gasteiger partial charge is 0.309 e. The topological polar surface area (TPSA) is 15.3 Å². The molecule has 0 aromatic heterocycles. The number of rotatable bonds is 8. The Morgan fingerprint density at radius 3 is 2.67 bits per heavy atom. The molecule has 0 bridgehead atoms. The lowest BCUT2D eigenvalue weighted by Crippen LogP contribution is -2.47. The fraction of sp³-hybridized carbons (Fsp3) is 0.684. The van der Waals surface area contributed by atoms with Crippen LogP contribution in [0, 0.1) is 0 Å². The molecule has 3 unspecified atom stereocenters. The predicted molar refractivity (Wildman–Crippen MR) is 91.7 cm³/mol. The molecule has 1 aromatic rings. The maximum Gasteiger partial charge on any atom is 0.0484 e. The maximum atomic E-state index is 3.74. The minimum Gasteiger partial charge on any atom is -0.309 e. The highest BCUT2D eigenvalue weighted by atomic mass is 15.2. The number of nitrogens with zero attached hydrogens (tertiary/aromatic N) is 1. The third kappa shape index (κ3) is 3.67. The van der Waals surface area contributed by atoms with Gasteiger partial charge in [-0.15, -0.1) is 0 Å². The summed E-state index contributed by atoms with van der Waals surface area (Å²) in [6.07, 6.45) is 5.01. The minimum absolute atomic E-state index is 0.497. The molecule has 0 aliphatic heterocycles. The predicted octanol–water partition coefficient (Wildman–Crippen LogP) is 4.16. The Labute approximate surface area is 130 Å². The van der Waals surface area contributed by atoms with Gasteiger partial charge >= 0.3 is 0 Å². The van der Waals surface area contributed by atoms with Crippen molar-refractivity contribution in [2.45, 2.75) is 71.5 Å². The average molecular weight is 288 g/mol. The fourth-order valence-electron chi connectivity index (χ4n) is 3.64. The normalized spacial score (nSPS) is 22.5. The SMILES string of the molecule is CCCCN(C(C)CC)C1Cc2ccccc2C1NCC. The Morgan fingerprint density at radius 1 is 1.24 bits per heavy atom. The molecule has 1 aromatic carbocycles. The Kier molecular flexibility index (Phi) is 6.25. The van der Waals surface area contributed by atoms with Gasteiger partial charge in [0, 0.05) is 18.1 Å². The number of likely N-dealkylation sites (N-methyl/N-ethyl adjacent to an activating group) is 1. The first-order chi connectivity index (χ1) is 10.2. The van der Waals surface area contributed by atoms with Gasteiger partial charge in [0.05, 0.1) is 0 Å². The molecule has 1 aliphatic rings. The molecule has 0 amide bonds. The van der Waals surface area contributed by atoms with Gasteiger partial charge in [-0.2, -0.15) is 0 Å². The van der Waals surface area contributed by atoms with E-state index in [1.807, 2.05) is 0 Å². The zero-order valence-corrected chi connectivity index (χ0v) is 14.2. The number of unbranched alkanes of at least 4 members (excludes halogenated alkanes) is 1. The van der Waals surface area contributed by atoms with Crippen molar-refractivity contribution in [1.82, 2.24) is 10.2 Å². The molecule has 1 N–H and O–H groups in total. The van der Waals surface area contributed by atoms with E-state index in [0.717, 1.165) is 6.54 Å². The highest BCUT2D eigenvalue weighted by Gasteiger charge is 2.36. The summed E-state index contributed by atoms with van der Waals surface area (Å²) in [5.41, 5.74) is 3.06. The monoisotopic (exact) mass is 288 g/mol. The van der Waals surface area contributed by atoms with Gasteiger partial charge in [-0.1, -0.05) is 51.5 Å². The number of nitrogens with one attached hydrogen (secondary N) is 1. The lowest BCUT2D eigenvalue weighted by molar-refractivity contribution is 0.115. The Bertz CT molecular complexity index is 429. The average Bonchev–Trinajstić information content (AvgIpc) is 2.87. The van der Waals surface area contributed by atoms with E-state index in [-0.39, 0.29) is 0 Å². The first-order valence-corrected chi connectivity index (χ1v) is 8.79. The van der Waals surface area contributed by atoms with Crippen LogP contribution in [0.3, 0.4) is 0 Å². The van der Waals surface area contributed by atoms with E-state index >= 15 is 0 Å². The molecule has 0 spiro atoms. The molecule has 2 rings (SSSR count). The summed E-state index contributed by atoms with van der Waals surface area (Å²) in [4.78, 5) is 2.76. The first kappa shape index (κ1) is 16.5. The van der Waals surface area contributed by atoms with Crippen molar-refractivity contribution in [2.24, 2.45) is 0 Å². The van der Waals surface area contributed by atoms with Crippen LogP contribution in [0.15, 0.2) is 24.3 Å². The first-order valence-electron chi connectivity index (χ1n) is 8.79. The number of hydrogen-bond acceptors (Lipinski definition) is 2. The van der Waals surface area contributed by atoms with Gasteiger partial charge in [0.25, 0.3) is 0 Å². The van der Waals surface area contributed by atoms with Crippen molar-refractivity contribution in [1.29, 1.82) is 0 Å². The number of benzene rings is 1. The van der Waals surface area contributed by atoms with Crippen LogP contribution in [0.4, 0.5) is 0 Å². The van der Waals surface area contributed by atoms with Crippen LogP contribution in [-0.2, 0) is 6.42 Å². The van der Waals surface area contributed by atoms with Crippen molar-refractivity contribution < 1.29 is 0 Å².